The van der Waals surface area contributed by atoms with Gasteiger partial charge in [0.1, 0.15) is 23.0 Å². The van der Waals surface area contributed by atoms with Crippen molar-refractivity contribution < 1.29 is 4.74 Å². The molecule has 0 saturated carbocycles. The lowest BCUT2D eigenvalue weighted by Crippen LogP contribution is -2.16. The van der Waals surface area contributed by atoms with E-state index >= 15 is 0 Å². The molecule has 0 spiro atoms. The third-order valence-corrected chi connectivity index (χ3v) is 3.72. The van der Waals surface area contributed by atoms with E-state index in [0.29, 0.717) is 10.9 Å². The van der Waals surface area contributed by atoms with Gasteiger partial charge in [-0.2, -0.15) is 19.6 Å². The molecule has 7 heteroatoms. The van der Waals surface area contributed by atoms with Crippen LogP contribution in [0.1, 0.15) is 5.56 Å². The number of ether oxygens (including phenoxy) is 1. The van der Waals surface area contributed by atoms with Gasteiger partial charge in [0.15, 0.2) is 0 Å². The monoisotopic (exact) mass is 303 g/mol. The molecule has 3 aromatic rings. The largest absolute Gasteiger partial charge is 0.497 e. The zero-order valence-corrected chi connectivity index (χ0v) is 12.7. The highest BCUT2D eigenvalue weighted by atomic mass is 35.5. The lowest BCUT2D eigenvalue weighted by Gasteiger charge is -2.22. The van der Waals surface area contributed by atoms with E-state index in [-0.39, 0.29) is 0 Å². The van der Waals surface area contributed by atoms with Gasteiger partial charge in [0.25, 0.3) is 5.78 Å². The van der Waals surface area contributed by atoms with Crippen molar-refractivity contribution in [2.24, 2.45) is 0 Å². The molecule has 1 aromatic carbocycles. The Hall–Kier alpha value is -2.34. The fraction of sp³-hybridized carbons (Fsp3) is 0.214. The summed E-state index contributed by atoms with van der Waals surface area (Å²) in [6.07, 6.45) is 1.46. The number of hydrogen-bond donors (Lipinski definition) is 0. The van der Waals surface area contributed by atoms with Crippen molar-refractivity contribution in [2.45, 2.75) is 6.92 Å². The van der Waals surface area contributed by atoms with E-state index in [1.165, 1.54) is 6.33 Å². The van der Waals surface area contributed by atoms with Crippen LogP contribution in [-0.2, 0) is 0 Å². The standard InChI is InChI=1S/C14H14ClN5O/c1-9-12(15)18-14-16-8-17-20(14)13(9)19(2)10-4-6-11(21-3)7-5-10/h4-8H,1-3H3. The van der Waals surface area contributed by atoms with Crippen LogP contribution in [0.15, 0.2) is 30.6 Å². The highest BCUT2D eigenvalue weighted by Crippen LogP contribution is 2.30. The van der Waals surface area contributed by atoms with Crippen LogP contribution in [-0.4, -0.2) is 33.7 Å². The van der Waals surface area contributed by atoms with Crippen molar-refractivity contribution in [1.29, 1.82) is 0 Å². The summed E-state index contributed by atoms with van der Waals surface area (Å²) in [5.41, 5.74) is 1.82. The molecule has 0 unspecified atom stereocenters. The van der Waals surface area contributed by atoms with Gasteiger partial charge in [-0.3, -0.25) is 0 Å². The van der Waals surface area contributed by atoms with Crippen LogP contribution in [0.5, 0.6) is 5.75 Å². The predicted molar refractivity (Wildman–Crippen MR) is 81.6 cm³/mol. The first-order valence-corrected chi connectivity index (χ1v) is 6.73. The lowest BCUT2D eigenvalue weighted by molar-refractivity contribution is 0.415. The maximum absolute atomic E-state index is 6.19. The molecule has 3 rings (SSSR count). The Labute approximate surface area is 127 Å². The lowest BCUT2D eigenvalue weighted by atomic mass is 10.2. The Kier molecular flexibility index (Phi) is 3.39. The molecule has 0 aliphatic heterocycles. The van der Waals surface area contributed by atoms with Crippen LogP contribution in [0.2, 0.25) is 5.15 Å². The summed E-state index contributed by atoms with van der Waals surface area (Å²) in [4.78, 5) is 10.3. The first kappa shape index (κ1) is 13.6. The summed E-state index contributed by atoms with van der Waals surface area (Å²) in [6.45, 7) is 1.91. The van der Waals surface area contributed by atoms with Gasteiger partial charge in [-0.25, -0.2) is 0 Å². The minimum Gasteiger partial charge on any atom is -0.497 e. The Balaban J connectivity index is 2.13. The molecule has 0 atom stereocenters. The molecular weight excluding hydrogens is 290 g/mol. The zero-order valence-electron chi connectivity index (χ0n) is 11.9. The first-order valence-electron chi connectivity index (χ1n) is 6.35. The molecule has 0 bridgehead atoms. The average Bonchev–Trinajstić information content (AvgIpc) is 2.95. The highest BCUT2D eigenvalue weighted by molar-refractivity contribution is 6.30. The maximum atomic E-state index is 6.19. The second-order valence-corrected chi connectivity index (χ2v) is 4.94. The molecule has 2 aromatic heterocycles. The molecule has 0 aliphatic rings. The van der Waals surface area contributed by atoms with Gasteiger partial charge in [0.2, 0.25) is 0 Å². The molecule has 0 aliphatic carbocycles. The van der Waals surface area contributed by atoms with Crippen molar-refractivity contribution >= 4 is 28.9 Å². The highest BCUT2D eigenvalue weighted by Gasteiger charge is 2.17. The van der Waals surface area contributed by atoms with E-state index in [4.69, 9.17) is 16.3 Å². The normalized spacial score (nSPS) is 10.9. The topological polar surface area (TPSA) is 55.5 Å². The Morgan fingerprint density at radius 3 is 2.62 bits per heavy atom. The Morgan fingerprint density at radius 2 is 1.95 bits per heavy atom. The minimum absolute atomic E-state index is 0.422. The molecular formula is C14H14ClN5O. The van der Waals surface area contributed by atoms with Crippen LogP contribution >= 0.6 is 11.6 Å². The number of halogens is 1. The fourth-order valence-electron chi connectivity index (χ4n) is 2.21. The van der Waals surface area contributed by atoms with E-state index in [1.54, 1.807) is 11.6 Å². The predicted octanol–water partition coefficient (Wildman–Crippen LogP) is 2.86. The van der Waals surface area contributed by atoms with Crippen molar-refractivity contribution in [2.75, 3.05) is 19.1 Å². The van der Waals surface area contributed by atoms with Gasteiger partial charge >= 0.3 is 0 Å². The van der Waals surface area contributed by atoms with Crippen LogP contribution in [0.3, 0.4) is 0 Å². The van der Waals surface area contributed by atoms with Gasteiger partial charge in [-0.1, -0.05) is 11.6 Å². The number of benzene rings is 1. The minimum atomic E-state index is 0.422. The molecule has 108 valence electrons. The summed E-state index contributed by atoms with van der Waals surface area (Å²) in [6, 6.07) is 7.75. The van der Waals surface area contributed by atoms with Gasteiger partial charge in [-0.15, -0.1) is 0 Å². The molecule has 0 saturated heterocycles. The van der Waals surface area contributed by atoms with Gasteiger partial charge in [-0.05, 0) is 31.2 Å². The summed E-state index contributed by atoms with van der Waals surface area (Å²) in [5.74, 6) is 2.11. The number of hydrogen-bond acceptors (Lipinski definition) is 5. The summed E-state index contributed by atoms with van der Waals surface area (Å²) < 4.78 is 6.85. The quantitative estimate of drug-likeness (QED) is 0.696. The molecule has 0 N–H and O–H groups in total. The van der Waals surface area contributed by atoms with Gasteiger partial charge in [0, 0.05) is 18.3 Å². The third-order valence-electron chi connectivity index (χ3n) is 3.35. The average molecular weight is 304 g/mol. The smallest absolute Gasteiger partial charge is 0.255 e. The molecule has 6 nitrogen and oxygen atoms in total. The Morgan fingerprint density at radius 1 is 1.24 bits per heavy atom. The number of aromatic nitrogens is 4. The van der Waals surface area contributed by atoms with E-state index < -0.39 is 0 Å². The Bertz CT molecular complexity index is 784. The second kappa shape index (κ2) is 5.21. The number of nitrogens with zero attached hydrogens (tertiary/aromatic N) is 5. The van der Waals surface area contributed by atoms with Crippen LogP contribution < -0.4 is 9.64 Å². The number of methoxy groups -OCH3 is 1. The van der Waals surface area contributed by atoms with Crippen LogP contribution in [0.4, 0.5) is 11.5 Å². The van der Waals surface area contributed by atoms with E-state index in [1.807, 2.05) is 43.1 Å². The van der Waals surface area contributed by atoms with E-state index in [0.717, 1.165) is 22.8 Å². The fourth-order valence-corrected chi connectivity index (χ4v) is 2.37. The summed E-state index contributed by atoms with van der Waals surface area (Å²) in [7, 11) is 3.59. The summed E-state index contributed by atoms with van der Waals surface area (Å²) in [5, 5.41) is 4.64. The van der Waals surface area contributed by atoms with Crippen LogP contribution in [0, 0.1) is 6.92 Å². The van der Waals surface area contributed by atoms with Gasteiger partial charge < -0.3 is 9.64 Å². The maximum Gasteiger partial charge on any atom is 0.255 e. The van der Waals surface area contributed by atoms with E-state index in [9.17, 15) is 0 Å². The number of rotatable bonds is 3. The van der Waals surface area contributed by atoms with Crippen molar-refractivity contribution in [3.05, 3.63) is 41.3 Å². The number of anilines is 2. The van der Waals surface area contributed by atoms with Crippen molar-refractivity contribution in [3.63, 3.8) is 0 Å². The second-order valence-electron chi connectivity index (χ2n) is 4.58. The van der Waals surface area contributed by atoms with E-state index in [2.05, 4.69) is 15.1 Å². The molecule has 2 heterocycles. The number of fused-ring (bicyclic) bond motifs is 1. The summed E-state index contributed by atoms with van der Waals surface area (Å²) >= 11 is 6.19. The molecule has 0 fully saturated rings. The molecule has 21 heavy (non-hydrogen) atoms. The first-order chi connectivity index (χ1) is 10.1. The van der Waals surface area contributed by atoms with Gasteiger partial charge in [0.05, 0.1) is 7.11 Å². The molecule has 0 amide bonds. The van der Waals surface area contributed by atoms with Crippen molar-refractivity contribution in [1.82, 2.24) is 19.6 Å². The zero-order chi connectivity index (χ0) is 15.0. The SMILES string of the molecule is COc1ccc(N(C)c2c(C)c(Cl)nc3ncnn23)cc1. The van der Waals surface area contributed by atoms with Crippen LogP contribution in [0.25, 0.3) is 5.78 Å². The third kappa shape index (κ3) is 2.27. The molecule has 0 radical (unpaired) electrons. The van der Waals surface area contributed by atoms with Crippen molar-refractivity contribution in [3.8, 4) is 5.75 Å².